The molecule has 4 heterocycles. The van der Waals surface area contributed by atoms with Crippen molar-refractivity contribution in [2.24, 2.45) is 11.8 Å². The van der Waals surface area contributed by atoms with Crippen molar-refractivity contribution in [2.45, 2.75) is 50.4 Å². The van der Waals surface area contributed by atoms with E-state index < -0.39 is 35.6 Å². The summed E-state index contributed by atoms with van der Waals surface area (Å²) in [4.78, 5) is 43.0. The highest BCUT2D eigenvalue weighted by Crippen LogP contribution is 2.53. The number of hydrogen-bond acceptors (Lipinski definition) is 6. The summed E-state index contributed by atoms with van der Waals surface area (Å²) >= 11 is 0. The number of likely N-dealkylation sites (tertiary alicyclic amines) is 1. The van der Waals surface area contributed by atoms with Gasteiger partial charge in [0.1, 0.15) is 17.6 Å². The first-order valence-electron chi connectivity index (χ1n) is 10.9. The Morgan fingerprint density at radius 2 is 2.00 bits per heavy atom. The van der Waals surface area contributed by atoms with E-state index in [1.165, 1.54) is 4.90 Å². The summed E-state index contributed by atoms with van der Waals surface area (Å²) in [7, 11) is 0. The molecular formula is C22H30N2O6. The number of esters is 1. The van der Waals surface area contributed by atoms with Gasteiger partial charge in [0, 0.05) is 19.6 Å². The average molecular weight is 418 g/mol. The van der Waals surface area contributed by atoms with Gasteiger partial charge < -0.3 is 24.4 Å². The van der Waals surface area contributed by atoms with Gasteiger partial charge in [0.05, 0.1) is 25.2 Å². The maximum absolute atomic E-state index is 13.6. The van der Waals surface area contributed by atoms with Gasteiger partial charge in [-0.25, -0.2) is 0 Å². The Morgan fingerprint density at radius 1 is 1.17 bits per heavy atom. The number of fused-ring (bicyclic) bond motifs is 2. The van der Waals surface area contributed by atoms with Crippen LogP contribution in [0.15, 0.2) is 24.3 Å². The predicted octanol–water partition coefficient (Wildman–Crippen LogP) is 0.651. The maximum Gasteiger partial charge on any atom is 0.312 e. The number of carbonyl (C=O) groups is 3. The summed E-state index contributed by atoms with van der Waals surface area (Å²) in [5.41, 5.74) is -1.23. The lowest BCUT2D eigenvalue weighted by Crippen LogP contribution is -2.55. The van der Waals surface area contributed by atoms with Crippen molar-refractivity contribution in [3.8, 4) is 0 Å². The number of amides is 2. The summed E-state index contributed by atoms with van der Waals surface area (Å²) in [6, 6.07) is -0.892. The molecule has 4 aliphatic rings. The van der Waals surface area contributed by atoms with Gasteiger partial charge in [0.25, 0.3) is 0 Å². The molecular weight excluding hydrogens is 388 g/mol. The second-order valence-electron chi connectivity index (χ2n) is 8.38. The molecule has 8 heteroatoms. The number of ether oxygens (including phenoxy) is 2. The number of rotatable bonds is 6. The first-order valence-corrected chi connectivity index (χ1v) is 10.9. The van der Waals surface area contributed by atoms with Crippen LogP contribution in [-0.4, -0.2) is 83.3 Å². The van der Waals surface area contributed by atoms with Gasteiger partial charge >= 0.3 is 5.97 Å². The quantitative estimate of drug-likeness (QED) is 0.387. The van der Waals surface area contributed by atoms with Crippen LogP contribution in [-0.2, 0) is 23.9 Å². The van der Waals surface area contributed by atoms with Gasteiger partial charge in [-0.2, -0.15) is 0 Å². The van der Waals surface area contributed by atoms with Gasteiger partial charge in [-0.3, -0.25) is 14.4 Å². The van der Waals surface area contributed by atoms with Crippen LogP contribution < -0.4 is 0 Å². The highest BCUT2D eigenvalue weighted by Gasteiger charge is 2.71. The summed E-state index contributed by atoms with van der Waals surface area (Å²) in [5, 5.41) is 9.58. The zero-order valence-electron chi connectivity index (χ0n) is 17.4. The van der Waals surface area contributed by atoms with E-state index in [1.807, 2.05) is 18.2 Å². The molecule has 1 unspecified atom stereocenters. The Morgan fingerprint density at radius 3 is 2.77 bits per heavy atom. The van der Waals surface area contributed by atoms with Crippen molar-refractivity contribution in [1.29, 1.82) is 0 Å². The topological polar surface area (TPSA) is 96.4 Å². The monoisotopic (exact) mass is 418 g/mol. The molecule has 4 rings (SSSR count). The number of cyclic esters (lactones) is 1. The molecule has 0 bridgehead atoms. The number of hydrogen-bond donors (Lipinski definition) is 1. The molecule has 0 aromatic rings. The smallest absolute Gasteiger partial charge is 0.312 e. The summed E-state index contributed by atoms with van der Waals surface area (Å²) < 4.78 is 11.8. The lowest BCUT2D eigenvalue weighted by Gasteiger charge is -2.35. The zero-order chi connectivity index (χ0) is 21.3. The van der Waals surface area contributed by atoms with Crippen molar-refractivity contribution in [2.75, 3.05) is 32.8 Å². The molecule has 0 saturated carbocycles. The standard InChI is InChI=1S/C22H30N2O6/c1-2-3-5-10-23-11-7-9-22-17(19(26)24(12-13-25)18(22)20(23)27)16-15(30-22)8-4-6-14-29-21(16)28/h4,7-9,15-18,25H,2-3,5-6,10-14H2,1H3/t15-,16+,17-,18?,22-/m0/s1. The summed E-state index contributed by atoms with van der Waals surface area (Å²) in [6.07, 6.45) is 10.3. The van der Waals surface area contributed by atoms with E-state index in [2.05, 4.69) is 6.92 Å². The molecule has 164 valence electrons. The number of aliphatic hydroxyl groups excluding tert-OH is 1. The Hall–Kier alpha value is -2.19. The predicted molar refractivity (Wildman–Crippen MR) is 107 cm³/mol. The van der Waals surface area contributed by atoms with Crippen LogP contribution in [0.1, 0.15) is 32.6 Å². The molecule has 30 heavy (non-hydrogen) atoms. The van der Waals surface area contributed by atoms with E-state index in [9.17, 15) is 19.5 Å². The van der Waals surface area contributed by atoms with Crippen LogP contribution >= 0.6 is 0 Å². The highest BCUT2D eigenvalue weighted by molar-refractivity contribution is 5.99. The normalized spacial score (nSPS) is 35.5. The van der Waals surface area contributed by atoms with Crippen LogP contribution in [0.5, 0.6) is 0 Å². The van der Waals surface area contributed by atoms with Gasteiger partial charge in [-0.05, 0) is 12.8 Å². The van der Waals surface area contributed by atoms with Crippen LogP contribution in [0.25, 0.3) is 0 Å². The third-order valence-electron chi connectivity index (χ3n) is 6.58. The van der Waals surface area contributed by atoms with Crippen LogP contribution in [0.2, 0.25) is 0 Å². The molecule has 4 aliphatic heterocycles. The van der Waals surface area contributed by atoms with Crippen molar-refractivity contribution in [3.05, 3.63) is 24.3 Å². The Kier molecular flexibility index (Phi) is 5.97. The van der Waals surface area contributed by atoms with Gasteiger partial charge in [0.2, 0.25) is 11.8 Å². The molecule has 1 N–H and O–H groups in total. The Labute approximate surface area is 176 Å². The molecule has 0 aromatic heterocycles. The van der Waals surface area contributed by atoms with E-state index in [-0.39, 0.29) is 31.6 Å². The summed E-state index contributed by atoms with van der Waals surface area (Å²) in [5.74, 6) is -2.63. The second kappa shape index (κ2) is 8.51. The number of carbonyl (C=O) groups excluding carboxylic acids is 3. The molecule has 2 amide bonds. The molecule has 2 fully saturated rings. The zero-order valence-corrected chi connectivity index (χ0v) is 17.4. The maximum atomic E-state index is 13.6. The highest BCUT2D eigenvalue weighted by atomic mass is 16.6. The van der Waals surface area contributed by atoms with E-state index in [0.29, 0.717) is 19.5 Å². The minimum absolute atomic E-state index is 0.0236. The van der Waals surface area contributed by atoms with E-state index in [4.69, 9.17) is 9.47 Å². The first-order chi connectivity index (χ1) is 14.5. The SMILES string of the molecule is CCCCCN1CC=C[C@]23O[C@H]4C=CCCOC(=O)[C@H]4[C@H]2C(=O)N(CCO)C3C1=O. The lowest BCUT2D eigenvalue weighted by molar-refractivity contribution is -0.155. The van der Waals surface area contributed by atoms with Gasteiger partial charge in [-0.15, -0.1) is 0 Å². The van der Waals surface area contributed by atoms with Crippen molar-refractivity contribution >= 4 is 17.8 Å². The van der Waals surface area contributed by atoms with Crippen LogP contribution in [0.3, 0.4) is 0 Å². The molecule has 1 spiro atoms. The molecule has 0 radical (unpaired) electrons. The molecule has 8 nitrogen and oxygen atoms in total. The van der Waals surface area contributed by atoms with E-state index in [0.717, 1.165) is 19.3 Å². The third kappa shape index (κ3) is 3.26. The minimum Gasteiger partial charge on any atom is -0.465 e. The molecule has 5 atom stereocenters. The average Bonchev–Trinajstić information content (AvgIpc) is 3.09. The van der Waals surface area contributed by atoms with Crippen LogP contribution in [0, 0.1) is 11.8 Å². The number of aliphatic hydroxyl groups is 1. The molecule has 0 aliphatic carbocycles. The number of β-amino-alcohol motifs (C(OH)–C–C–N with tert-alkyl or cyclic N) is 1. The van der Waals surface area contributed by atoms with Gasteiger partial charge in [-0.1, -0.05) is 44.1 Å². The van der Waals surface area contributed by atoms with E-state index >= 15 is 0 Å². The third-order valence-corrected chi connectivity index (χ3v) is 6.58. The Balaban J connectivity index is 1.74. The largest absolute Gasteiger partial charge is 0.465 e. The molecule has 2 saturated heterocycles. The fourth-order valence-corrected chi connectivity index (χ4v) is 5.26. The first kappa shape index (κ1) is 21.1. The minimum atomic E-state index is -1.23. The van der Waals surface area contributed by atoms with Crippen molar-refractivity contribution in [3.63, 3.8) is 0 Å². The molecule has 0 aromatic carbocycles. The number of nitrogens with zero attached hydrogens (tertiary/aromatic N) is 2. The van der Waals surface area contributed by atoms with Crippen molar-refractivity contribution in [1.82, 2.24) is 9.80 Å². The van der Waals surface area contributed by atoms with Crippen LogP contribution in [0.4, 0.5) is 0 Å². The lowest BCUT2D eigenvalue weighted by atomic mass is 9.77. The van der Waals surface area contributed by atoms with Crippen molar-refractivity contribution < 1.29 is 29.0 Å². The number of unbranched alkanes of at least 4 members (excludes halogenated alkanes) is 2. The Bertz CT molecular complexity index is 765. The van der Waals surface area contributed by atoms with Gasteiger partial charge in [0.15, 0.2) is 0 Å². The fourth-order valence-electron chi connectivity index (χ4n) is 5.26. The second-order valence-corrected chi connectivity index (χ2v) is 8.38. The summed E-state index contributed by atoms with van der Waals surface area (Å²) in [6.45, 7) is 3.16. The fraction of sp³-hybridized carbons (Fsp3) is 0.682. The van der Waals surface area contributed by atoms with E-state index in [1.54, 1.807) is 11.0 Å².